The summed E-state index contributed by atoms with van der Waals surface area (Å²) in [7, 11) is 0. The smallest absolute Gasteiger partial charge is 0.243 e. The van der Waals surface area contributed by atoms with Gasteiger partial charge in [-0.1, -0.05) is 78.4 Å². The Labute approximate surface area is 195 Å². The van der Waals surface area contributed by atoms with Crippen molar-refractivity contribution in [1.29, 1.82) is 0 Å². The molecule has 1 N–H and O–H groups in total. The summed E-state index contributed by atoms with van der Waals surface area (Å²) in [6.45, 7) is 4.85. The summed E-state index contributed by atoms with van der Waals surface area (Å²) in [5, 5.41) is 2.93. The molecule has 2 amide bonds. The van der Waals surface area contributed by atoms with E-state index in [0.717, 1.165) is 21.6 Å². The van der Waals surface area contributed by atoms with Crippen molar-refractivity contribution in [3.05, 3.63) is 102 Å². The molecule has 3 aromatic carbocycles. The van der Waals surface area contributed by atoms with Gasteiger partial charge in [0.15, 0.2) is 0 Å². The highest BCUT2D eigenvalue weighted by molar-refractivity contribution is 8.00. The maximum absolute atomic E-state index is 13.5. The van der Waals surface area contributed by atoms with Crippen LogP contribution < -0.4 is 5.32 Å². The van der Waals surface area contributed by atoms with Crippen LogP contribution in [0.15, 0.2) is 89.8 Å². The highest BCUT2D eigenvalue weighted by Gasteiger charge is 2.30. The van der Waals surface area contributed by atoms with E-state index >= 15 is 0 Å². The molecule has 0 bridgehead atoms. The van der Waals surface area contributed by atoms with E-state index in [-0.39, 0.29) is 17.6 Å². The Morgan fingerprint density at radius 3 is 2.22 bits per heavy atom. The number of hydrogen-bond acceptors (Lipinski definition) is 3. The topological polar surface area (TPSA) is 49.4 Å². The zero-order chi connectivity index (χ0) is 22.8. The summed E-state index contributed by atoms with van der Waals surface area (Å²) in [5.74, 6) is 0.107. The van der Waals surface area contributed by atoms with Crippen molar-refractivity contribution in [2.45, 2.75) is 37.8 Å². The zero-order valence-electron chi connectivity index (χ0n) is 18.7. The molecule has 0 aliphatic rings. The molecule has 3 aromatic rings. The lowest BCUT2D eigenvalue weighted by molar-refractivity contribution is -0.139. The van der Waals surface area contributed by atoms with Crippen LogP contribution in [0, 0.1) is 6.92 Å². The van der Waals surface area contributed by atoms with Crippen LogP contribution in [0.5, 0.6) is 0 Å². The number of nitrogens with one attached hydrogen (secondary N) is 1. The van der Waals surface area contributed by atoms with E-state index in [1.807, 2.05) is 92.7 Å². The van der Waals surface area contributed by atoms with Crippen molar-refractivity contribution in [2.24, 2.45) is 0 Å². The van der Waals surface area contributed by atoms with Crippen LogP contribution >= 0.6 is 11.8 Å². The van der Waals surface area contributed by atoms with E-state index < -0.39 is 6.04 Å². The number of amides is 2. The number of likely N-dealkylation sites (N-methyl/N-ethyl adjacent to an activating group) is 1. The van der Waals surface area contributed by atoms with Gasteiger partial charge in [0.1, 0.15) is 6.04 Å². The van der Waals surface area contributed by atoms with Gasteiger partial charge in [-0.15, -0.1) is 11.8 Å². The summed E-state index contributed by atoms with van der Waals surface area (Å²) in [6.07, 6.45) is 0.472. The molecular formula is C27H30N2O2S. The van der Waals surface area contributed by atoms with Gasteiger partial charge in [0.05, 0.1) is 5.75 Å². The molecule has 0 aromatic heterocycles. The predicted molar refractivity (Wildman–Crippen MR) is 132 cm³/mol. The number of benzene rings is 3. The van der Waals surface area contributed by atoms with Crippen molar-refractivity contribution < 1.29 is 9.59 Å². The fourth-order valence-electron chi connectivity index (χ4n) is 3.60. The van der Waals surface area contributed by atoms with Crippen molar-refractivity contribution in [1.82, 2.24) is 10.2 Å². The quantitative estimate of drug-likeness (QED) is 0.452. The summed E-state index contributed by atoms with van der Waals surface area (Å²) in [4.78, 5) is 29.4. The summed E-state index contributed by atoms with van der Waals surface area (Å²) in [6, 6.07) is 27.3. The van der Waals surface area contributed by atoms with Crippen molar-refractivity contribution in [3.63, 3.8) is 0 Å². The first-order valence-corrected chi connectivity index (χ1v) is 11.9. The monoisotopic (exact) mass is 446 g/mol. The molecule has 32 heavy (non-hydrogen) atoms. The number of carbonyl (C=O) groups is 2. The number of nitrogens with zero attached hydrogens (tertiary/aromatic N) is 1. The fraction of sp³-hybridized carbons (Fsp3) is 0.259. The maximum Gasteiger partial charge on any atom is 0.243 e. The highest BCUT2D eigenvalue weighted by Crippen LogP contribution is 2.21. The minimum Gasteiger partial charge on any atom is -0.355 e. The second-order valence-electron chi connectivity index (χ2n) is 7.71. The van der Waals surface area contributed by atoms with E-state index in [0.29, 0.717) is 19.5 Å². The van der Waals surface area contributed by atoms with Gasteiger partial charge in [-0.25, -0.2) is 0 Å². The van der Waals surface area contributed by atoms with Gasteiger partial charge >= 0.3 is 0 Å². The van der Waals surface area contributed by atoms with Crippen molar-refractivity contribution in [3.8, 4) is 0 Å². The first kappa shape index (κ1) is 23.6. The van der Waals surface area contributed by atoms with Gasteiger partial charge in [0.2, 0.25) is 11.8 Å². The lowest BCUT2D eigenvalue weighted by Gasteiger charge is -2.31. The molecule has 0 aliphatic heterocycles. The fourth-order valence-corrected chi connectivity index (χ4v) is 4.40. The molecule has 0 unspecified atom stereocenters. The molecule has 0 saturated carbocycles. The summed E-state index contributed by atoms with van der Waals surface area (Å²) < 4.78 is 0. The Hall–Kier alpha value is -3.05. The van der Waals surface area contributed by atoms with E-state index in [9.17, 15) is 9.59 Å². The van der Waals surface area contributed by atoms with Gasteiger partial charge in [0, 0.05) is 24.4 Å². The minimum atomic E-state index is -0.582. The lowest BCUT2D eigenvalue weighted by atomic mass is 10.0. The number of aryl methyl sites for hydroxylation is 1. The van der Waals surface area contributed by atoms with E-state index in [1.54, 1.807) is 4.90 Å². The molecule has 4 nitrogen and oxygen atoms in total. The third-order valence-electron chi connectivity index (χ3n) is 5.16. The molecule has 1 atom stereocenters. The van der Waals surface area contributed by atoms with E-state index in [2.05, 4.69) is 11.4 Å². The number of thioether (sulfide) groups is 1. The molecule has 0 spiro atoms. The third kappa shape index (κ3) is 6.99. The average molecular weight is 447 g/mol. The molecule has 0 radical (unpaired) electrons. The molecule has 0 aliphatic carbocycles. The normalized spacial score (nSPS) is 11.6. The van der Waals surface area contributed by atoms with Crippen LogP contribution in [0.2, 0.25) is 0 Å². The molecule has 0 fully saturated rings. The zero-order valence-corrected chi connectivity index (χ0v) is 19.5. The highest BCUT2D eigenvalue weighted by atomic mass is 32.2. The summed E-state index contributed by atoms with van der Waals surface area (Å²) in [5.41, 5.74) is 3.18. The van der Waals surface area contributed by atoms with E-state index in [1.165, 1.54) is 11.8 Å². The average Bonchev–Trinajstić information content (AvgIpc) is 2.81. The van der Waals surface area contributed by atoms with E-state index in [4.69, 9.17) is 0 Å². The van der Waals surface area contributed by atoms with Crippen LogP contribution in [0.25, 0.3) is 0 Å². The Bertz CT molecular complexity index is 1010. The number of carbonyl (C=O) groups excluding carboxylic acids is 2. The molecule has 166 valence electrons. The Morgan fingerprint density at radius 1 is 0.906 bits per heavy atom. The molecular weight excluding hydrogens is 416 g/mol. The molecule has 3 rings (SSSR count). The molecule has 0 saturated heterocycles. The minimum absolute atomic E-state index is 0.0486. The first-order chi connectivity index (χ1) is 15.6. The van der Waals surface area contributed by atoms with Crippen molar-refractivity contribution >= 4 is 23.6 Å². The number of rotatable bonds is 10. The molecule has 0 heterocycles. The maximum atomic E-state index is 13.5. The second-order valence-corrected chi connectivity index (χ2v) is 8.76. The second kappa shape index (κ2) is 12.1. The van der Waals surface area contributed by atoms with Crippen LogP contribution in [0.3, 0.4) is 0 Å². The predicted octanol–water partition coefficient (Wildman–Crippen LogP) is 4.86. The van der Waals surface area contributed by atoms with Crippen LogP contribution in [0.4, 0.5) is 0 Å². The Morgan fingerprint density at radius 2 is 1.56 bits per heavy atom. The van der Waals surface area contributed by atoms with Crippen LogP contribution in [-0.2, 0) is 22.6 Å². The van der Waals surface area contributed by atoms with Crippen molar-refractivity contribution in [2.75, 3.05) is 12.3 Å². The summed E-state index contributed by atoms with van der Waals surface area (Å²) >= 11 is 1.50. The van der Waals surface area contributed by atoms with Gasteiger partial charge in [0.25, 0.3) is 0 Å². The lowest BCUT2D eigenvalue weighted by Crippen LogP contribution is -2.51. The third-order valence-corrected chi connectivity index (χ3v) is 6.16. The largest absolute Gasteiger partial charge is 0.355 e. The SMILES string of the molecule is CCNC(=O)[C@H](Cc1ccccc1)N(Cc1cccc(C)c1)C(=O)CSc1ccccc1. The van der Waals surface area contributed by atoms with Gasteiger partial charge in [-0.2, -0.15) is 0 Å². The van der Waals surface area contributed by atoms with Gasteiger partial charge in [-0.3, -0.25) is 9.59 Å². The molecule has 5 heteroatoms. The van der Waals surface area contributed by atoms with Crippen LogP contribution in [0.1, 0.15) is 23.6 Å². The Kier molecular flexibility index (Phi) is 8.93. The standard InChI is InChI=1S/C27H30N2O2S/c1-3-28-27(31)25(18-22-12-6-4-7-13-22)29(19-23-14-10-11-21(2)17-23)26(30)20-32-24-15-8-5-9-16-24/h4-17,25H,3,18-20H2,1-2H3,(H,28,31)/t25-/m0/s1. The van der Waals surface area contributed by atoms with Gasteiger partial charge < -0.3 is 10.2 Å². The van der Waals surface area contributed by atoms with Crippen LogP contribution in [-0.4, -0.2) is 35.1 Å². The van der Waals surface area contributed by atoms with Gasteiger partial charge in [-0.05, 0) is 37.1 Å². The first-order valence-electron chi connectivity index (χ1n) is 10.9. The number of hydrogen-bond donors (Lipinski definition) is 1. The Balaban J connectivity index is 1.88.